The molecule has 0 atom stereocenters. The fraction of sp³-hybridized carbons (Fsp3) is 0.250. The zero-order valence-corrected chi connectivity index (χ0v) is 9.13. The molecule has 0 spiro atoms. The van der Waals surface area contributed by atoms with E-state index in [9.17, 15) is 4.39 Å². The van der Waals surface area contributed by atoms with E-state index in [2.05, 4.69) is 9.97 Å². The normalized spacial score (nSPS) is 10.7. The largest absolute Gasteiger partial charge is 0.342 e. The number of imidazole rings is 1. The highest BCUT2D eigenvalue weighted by molar-refractivity contribution is 5.56. The molecule has 16 heavy (non-hydrogen) atoms. The minimum Gasteiger partial charge on any atom is -0.342 e. The Morgan fingerprint density at radius 1 is 1.38 bits per heavy atom. The number of rotatable bonds is 3. The van der Waals surface area contributed by atoms with Crippen LogP contribution in [0.2, 0.25) is 0 Å². The van der Waals surface area contributed by atoms with Crippen molar-refractivity contribution in [2.45, 2.75) is 13.3 Å². The first-order valence-corrected chi connectivity index (χ1v) is 5.23. The fourth-order valence-electron chi connectivity index (χ4n) is 1.66. The van der Waals surface area contributed by atoms with Gasteiger partial charge in [0.05, 0.1) is 11.3 Å². The zero-order chi connectivity index (χ0) is 11.5. The summed E-state index contributed by atoms with van der Waals surface area (Å²) in [6.07, 6.45) is 0.705. The molecule has 1 aromatic heterocycles. The molecule has 0 saturated heterocycles. The number of aromatic amines is 1. The summed E-state index contributed by atoms with van der Waals surface area (Å²) in [6.45, 7) is 2.46. The molecule has 84 valence electrons. The molecule has 0 fully saturated rings. The number of benzene rings is 1. The van der Waals surface area contributed by atoms with Gasteiger partial charge in [-0.3, -0.25) is 0 Å². The maximum Gasteiger partial charge on any atom is 0.140 e. The monoisotopic (exact) mass is 219 g/mol. The van der Waals surface area contributed by atoms with Gasteiger partial charge >= 0.3 is 0 Å². The van der Waals surface area contributed by atoms with Crippen molar-refractivity contribution in [3.8, 4) is 11.4 Å². The van der Waals surface area contributed by atoms with Crippen molar-refractivity contribution >= 4 is 0 Å². The van der Waals surface area contributed by atoms with Crippen LogP contribution in [0, 0.1) is 12.7 Å². The first kappa shape index (κ1) is 10.8. The highest BCUT2D eigenvalue weighted by atomic mass is 19.1. The average Bonchev–Trinajstić information content (AvgIpc) is 2.61. The second-order valence-corrected chi connectivity index (χ2v) is 3.68. The van der Waals surface area contributed by atoms with E-state index in [-0.39, 0.29) is 5.82 Å². The standard InChI is InChI=1S/C12H14FN3/c1-8-11(6-7-14)16-12(15-8)9-4-2-3-5-10(9)13/h2-5H,6-7,14H2,1H3,(H,15,16). The quantitative estimate of drug-likeness (QED) is 0.829. The van der Waals surface area contributed by atoms with Crippen molar-refractivity contribution in [3.05, 3.63) is 41.5 Å². The number of aromatic nitrogens is 2. The molecule has 1 heterocycles. The summed E-state index contributed by atoms with van der Waals surface area (Å²) in [6, 6.07) is 6.59. The molecular weight excluding hydrogens is 205 g/mol. The second-order valence-electron chi connectivity index (χ2n) is 3.68. The summed E-state index contributed by atoms with van der Waals surface area (Å²) < 4.78 is 13.5. The molecule has 3 nitrogen and oxygen atoms in total. The number of halogens is 1. The molecule has 2 aromatic rings. The molecule has 0 aliphatic carbocycles. The highest BCUT2D eigenvalue weighted by Gasteiger charge is 2.10. The topological polar surface area (TPSA) is 54.7 Å². The van der Waals surface area contributed by atoms with Crippen molar-refractivity contribution in [3.63, 3.8) is 0 Å². The Kier molecular flexibility index (Phi) is 3.01. The van der Waals surface area contributed by atoms with Crippen LogP contribution < -0.4 is 5.73 Å². The van der Waals surface area contributed by atoms with Crippen molar-refractivity contribution < 1.29 is 4.39 Å². The molecule has 0 saturated carbocycles. The molecule has 0 bridgehead atoms. The van der Waals surface area contributed by atoms with Gasteiger partial charge in [-0.25, -0.2) is 9.37 Å². The number of hydrogen-bond acceptors (Lipinski definition) is 2. The summed E-state index contributed by atoms with van der Waals surface area (Å²) in [5.41, 5.74) is 7.82. The predicted octanol–water partition coefficient (Wildman–Crippen LogP) is 2.03. The van der Waals surface area contributed by atoms with E-state index in [4.69, 9.17) is 5.73 Å². The third kappa shape index (κ3) is 1.97. The van der Waals surface area contributed by atoms with Crippen LogP contribution in [0.25, 0.3) is 11.4 Å². The maximum absolute atomic E-state index is 13.5. The zero-order valence-electron chi connectivity index (χ0n) is 9.13. The molecule has 2 rings (SSSR count). The molecule has 1 aromatic carbocycles. The van der Waals surface area contributed by atoms with Gasteiger partial charge in [-0.1, -0.05) is 12.1 Å². The molecule has 0 amide bonds. The van der Waals surface area contributed by atoms with E-state index in [1.165, 1.54) is 6.07 Å². The van der Waals surface area contributed by atoms with E-state index < -0.39 is 0 Å². The number of nitrogens with one attached hydrogen (secondary N) is 1. The Hall–Kier alpha value is -1.68. The fourth-order valence-corrected chi connectivity index (χ4v) is 1.66. The molecule has 0 aliphatic rings. The van der Waals surface area contributed by atoms with Gasteiger partial charge in [-0.2, -0.15) is 0 Å². The first-order valence-electron chi connectivity index (χ1n) is 5.23. The third-order valence-corrected chi connectivity index (χ3v) is 2.50. The third-order valence-electron chi connectivity index (χ3n) is 2.50. The summed E-state index contributed by atoms with van der Waals surface area (Å²) in [5, 5.41) is 0. The summed E-state index contributed by atoms with van der Waals surface area (Å²) >= 11 is 0. The number of aryl methyl sites for hydroxylation is 1. The lowest BCUT2D eigenvalue weighted by molar-refractivity contribution is 0.630. The summed E-state index contributed by atoms with van der Waals surface area (Å²) in [7, 11) is 0. The number of hydrogen-bond donors (Lipinski definition) is 2. The van der Waals surface area contributed by atoms with Crippen LogP contribution in [0.1, 0.15) is 11.4 Å². The SMILES string of the molecule is Cc1[nH]c(-c2ccccc2F)nc1CCN. The van der Waals surface area contributed by atoms with Gasteiger partial charge in [0.2, 0.25) is 0 Å². The van der Waals surface area contributed by atoms with Gasteiger partial charge in [0.25, 0.3) is 0 Å². The molecule has 0 radical (unpaired) electrons. The molecule has 3 N–H and O–H groups in total. The van der Waals surface area contributed by atoms with Crippen molar-refractivity contribution in [1.82, 2.24) is 9.97 Å². The Balaban J connectivity index is 2.42. The molecule has 0 unspecified atom stereocenters. The molecular formula is C12H14FN3. The van der Waals surface area contributed by atoms with Gasteiger partial charge in [0.1, 0.15) is 11.6 Å². The van der Waals surface area contributed by atoms with Crippen LogP contribution in [0.15, 0.2) is 24.3 Å². The van der Waals surface area contributed by atoms with E-state index in [1.54, 1.807) is 18.2 Å². The molecule has 0 aliphatic heterocycles. The van der Waals surface area contributed by atoms with Gasteiger partial charge in [-0.05, 0) is 25.6 Å². The smallest absolute Gasteiger partial charge is 0.140 e. The van der Waals surface area contributed by atoms with Crippen LogP contribution >= 0.6 is 0 Å². The Morgan fingerprint density at radius 3 is 2.81 bits per heavy atom. The van der Waals surface area contributed by atoms with E-state index >= 15 is 0 Å². The number of nitrogens with two attached hydrogens (primary N) is 1. The maximum atomic E-state index is 13.5. The lowest BCUT2D eigenvalue weighted by atomic mass is 10.2. The van der Waals surface area contributed by atoms with Gasteiger partial charge in [-0.15, -0.1) is 0 Å². The predicted molar refractivity (Wildman–Crippen MR) is 61.5 cm³/mol. The second kappa shape index (κ2) is 4.45. The lowest BCUT2D eigenvalue weighted by Crippen LogP contribution is -2.03. The van der Waals surface area contributed by atoms with Gasteiger partial charge < -0.3 is 10.7 Å². The van der Waals surface area contributed by atoms with Crippen molar-refractivity contribution in [2.24, 2.45) is 5.73 Å². The van der Waals surface area contributed by atoms with Gasteiger partial charge in [0.15, 0.2) is 0 Å². The van der Waals surface area contributed by atoms with E-state index in [1.807, 2.05) is 6.92 Å². The summed E-state index contributed by atoms with van der Waals surface area (Å²) in [5.74, 6) is 0.301. The average molecular weight is 219 g/mol. The molecule has 4 heteroatoms. The summed E-state index contributed by atoms with van der Waals surface area (Å²) in [4.78, 5) is 7.43. The van der Waals surface area contributed by atoms with Crippen LogP contribution in [0.3, 0.4) is 0 Å². The van der Waals surface area contributed by atoms with Gasteiger partial charge in [0, 0.05) is 12.1 Å². The Labute approximate surface area is 93.5 Å². The van der Waals surface area contributed by atoms with E-state index in [0.29, 0.717) is 24.4 Å². The highest BCUT2D eigenvalue weighted by Crippen LogP contribution is 2.20. The lowest BCUT2D eigenvalue weighted by Gasteiger charge is -1.97. The number of H-pyrrole nitrogens is 1. The minimum absolute atomic E-state index is 0.268. The van der Waals surface area contributed by atoms with Crippen LogP contribution in [-0.2, 0) is 6.42 Å². The van der Waals surface area contributed by atoms with Crippen molar-refractivity contribution in [2.75, 3.05) is 6.54 Å². The number of nitrogens with zero attached hydrogens (tertiary/aromatic N) is 1. The van der Waals surface area contributed by atoms with E-state index in [0.717, 1.165) is 11.4 Å². The Bertz CT molecular complexity index is 491. The van der Waals surface area contributed by atoms with Crippen molar-refractivity contribution in [1.29, 1.82) is 0 Å². The van der Waals surface area contributed by atoms with Crippen LogP contribution in [-0.4, -0.2) is 16.5 Å². The van der Waals surface area contributed by atoms with Crippen LogP contribution in [0.5, 0.6) is 0 Å². The van der Waals surface area contributed by atoms with Crippen LogP contribution in [0.4, 0.5) is 4.39 Å². The minimum atomic E-state index is -0.268. The first-order chi connectivity index (χ1) is 7.72. The Morgan fingerprint density at radius 2 is 2.12 bits per heavy atom.